The maximum absolute atomic E-state index is 5.74. The van der Waals surface area contributed by atoms with Crippen molar-refractivity contribution in [1.29, 1.82) is 0 Å². The van der Waals surface area contributed by atoms with E-state index in [1.165, 1.54) is 0 Å². The van der Waals surface area contributed by atoms with Crippen LogP contribution in [0.3, 0.4) is 0 Å². The fraction of sp³-hybridized carbons (Fsp3) is 0.538. The molecule has 0 fully saturated rings. The molecule has 0 spiro atoms. The van der Waals surface area contributed by atoms with Crippen LogP contribution in [0.1, 0.15) is 44.9 Å². The molecule has 0 aliphatic heterocycles. The van der Waals surface area contributed by atoms with Crippen LogP contribution >= 0.6 is 11.3 Å². The molecule has 0 saturated heterocycles. The van der Waals surface area contributed by atoms with E-state index >= 15 is 0 Å². The topological polar surface area (TPSA) is 64.9 Å². The van der Waals surface area contributed by atoms with Gasteiger partial charge in [0.05, 0.1) is 0 Å². The molecule has 0 radical (unpaired) electrons. The minimum atomic E-state index is 0.265. The van der Waals surface area contributed by atoms with Crippen molar-refractivity contribution in [1.82, 2.24) is 10.1 Å². The average molecular weight is 265 g/mol. The molecule has 2 aromatic heterocycles. The Kier molecular flexibility index (Phi) is 4.49. The Bertz CT molecular complexity index is 464. The molecule has 4 nitrogen and oxygen atoms in total. The van der Waals surface area contributed by atoms with Crippen LogP contribution < -0.4 is 5.73 Å². The third-order valence-corrected chi connectivity index (χ3v) is 3.62. The van der Waals surface area contributed by atoms with E-state index in [0.717, 1.165) is 30.7 Å². The summed E-state index contributed by atoms with van der Waals surface area (Å²) < 4.78 is 5.32. The van der Waals surface area contributed by atoms with Gasteiger partial charge >= 0.3 is 0 Å². The second kappa shape index (κ2) is 6.11. The van der Waals surface area contributed by atoms with E-state index in [4.69, 9.17) is 10.3 Å². The molecule has 2 atom stereocenters. The van der Waals surface area contributed by atoms with Gasteiger partial charge in [-0.05, 0) is 31.2 Å². The van der Waals surface area contributed by atoms with Gasteiger partial charge in [0.25, 0.3) is 0 Å². The number of aromatic nitrogens is 2. The second-order valence-electron chi connectivity index (χ2n) is 4.78. The Hall–Kier alpha value is -1.20. The first-order chi connectivity index (χ1) is 8.66. The van der Waals surface area contributed by atoms with Gasteiger partial charge in [-0.1, -0.05) is 18.5 Å². The summed E-state index contributed by atoms with van der Waals surface area (Å²) in [5.41, 5.74) is 6.76. The number of hydrogen-bond acceptors (Lipinski definition) is 5. The molecular formula is C13H19N3OS. The predicted molar refractivity (Wildman–Crippen MR) is 73.5 cm³/mol. The molecule has 2 rings (SSSR count). The summed E-state index contributed by atoms with van der Waals surface area (Å²) in [6.45, 7) is 4.15. The van der Waals surface area contributed by atoms with Gasteiger partial charge in [-0.15, -0.1) is 0 Å². The maximum Gasteiger partial charge on any atom is 0.229 e. The quantitative estimate of drug-likeness (QED) is 0.869. The van der Waals surface area contributed by atoms with Crippen molar-refractivity contribution >= 4 is 11.3 Å². The van der Waals surface area contributed by atoms with Crippen LogP contribution in [0.4, 0.5) is 0 Å². The zero-order valence-electron chi connectivity index (χ0n) is 10.8. The van der Waals surface area contributed by atoms with Gasteiger partial charge in [0, 0.05) is 22.9 Å². The van der Waals surface area contributed by atoms with E-state index in [1.807, 2.05) is 23.8 Å². The first-order valence-electron chi connectivity index (χ1n) is 6.28. The zero-order valence-corrected chi connectivity index (χ0v) is 11.6. The molecule has 0 aliphatic carbocycles. The second-order valence-corrected chi connectivity index (χ2v) is 5.56. The summed E-state index contributed by atoms with van der Waals surface area (Å²) in [4.78, 5) is 4.45. The van der Waals surface area contributed by atoms with Gasteiger partial charge in [0.1, 0.15) is 0 Å². The maximum atomic E-state index is 5.74. The Morgan fingerprint density at radius 1 is 1.39 bits per heavy atom. The molecule has 5 heteroatoms. The van der Waals surface area contributed by atoms with Crippen molar-refractivity contribution in [3.05, 3.63) is 22.7 Å². The molecule has 0 aliphatic rings. The van der Waals surface area contributed by atoms with Gasteiger partial charge in [-0.3, -0.25) is 0 Å². The predicted octanol–water partition coefficient (Wildman–Crippen LogP) is 3.42. The standard InChI is InChI=1S/C13H19N3OS/c1-9(4-3-5-10(2)14)13-15-12(16-17-13)11-6-7-18-8-11/h6-10H,3-5,14H2,1-2H3. The molecule has 0 saturated carbocycles. The fourth-order valence-corrected chi connectivity index (χ4v) is 2.45. The Morgan fingerprint density at radius 3 is 2.89 bits per heavy atom. The number of thiophene rings is 1. The van der Waals surface area contributed by atoms with Gasteiger partial charge in [0.2, 0.25) is 11.7 Å². The van der Waals surface area contributed by atoms with E-state index in [0.29, 0.717) is 11.7 Å². The van der Waals surface area contributed by atoms with Gasteiger partial charge in [-0.2, -0.15) is 16.3 Å². The molecule has 98 valence electrons. The number of rotatable bonds is 6. The molecule has 0 amide bonds. The number of nitrogens with zero attached hydrogens (tertiary/aromatic N) is 2. The highest BCUT2D eigenvalue weighted by molar-refractivity contribution is 7.08. The Labute approximate surface area is 111 Å². The van der Waals surface area contributed by atoms with Crippen LogP contribution in [-0.4, -0.2) is 16.2 Å². The van der Waals surface area contributed by atoms with Crippen molar-refractivity contribution < 1.29 is 4.52 Å². The van der Waals surface area contributed by atoms with Gasteiger partial charge in [-0.25, -0.2) is 0 Å². The first-order valence-corrected chi connectivity index (χ1v) is 7.23. The lowest BCUT2D eigenvalue weighted by Crippen LogP contribution is -2.14. The SMILES string of the molecule is CC(N)CCCC(C)c1nc(-c2ccsc2)no1. The molecule has 2 aromatic rings. The summed E-state index contributed by atoms with van der Waals surface area (Å²) in [7, 11) is 0. The van der Waals surface area contributed by atoms with Crippen LogP contribution in [0.5, 0.6) is 0 Å². The fourth-order valence-electron chi connectivity index (χ4n) is 1.81. The summed E-state index contributed by atoms with van der Waals surface area (Å²) >= 11 is 1.63. The Morgan fingerprint density at radius 2 is 2.22 bits per heavy atom. The summed E-state index contributed by atoms with van der Waals surface area (Å²) in [6, 6.07) is 2.27. The van der Waals surface area contributed by atoms with E-state index in [9.17, 15) is 0 Å². The highest BCUT2D eigenvalue weighted by Crippen LogP contribution is 2.24. The van der Waals surface area contributed by atoms with Crippen molar-refractivity contribution in [2.45, 2.75) is 45.1 Å². The van der Waals surface area contributed by atoms with Crippen LogP contribution in [-0.2, 0) is 0 Å². The highest BCUT2D eigenvalue weighted by atomic mass is 32.1. The highest BCUT2D eigenvalue weighted by Gasteiger charge is 2.15. The minimum Gasteiger partial charge on any atom is -0.339 e. The molecule has 2 unspecified atom stereocenters. The first kappa shape index (κ1) is 13.2. The van der Waals surface area contributed by atoms with Crippen LogP contribution in [0, 0.1) is 0 Å². The number of hydrogen-bond donors (Lipinski definition) is 1. The molecule has 2 N–H and O–H groups in total. The normalized spacial score (nSPS) is 14.6. The largest absolute Gasteiger partial charge is 0.339 e. The third kappa shape index (κ3) is 3.40. The molecule has 0 aromatic carbocycles. The smallest absolute Gasteiger partial charge is 0.229 e. The summed E-state index contributed by atoms with van der Waals surface area (Å²) in [6.07, 6.45) is 3.16. The molecule has 18 heavy (non-hydrogen) atoms. The lowest BCUT2D eigenvalue weighted by atomic mass is 10.0. The summed E-state index contributed by atoms with van der Waals surface area (Å²) in [5, 5.41) is 8.05. The van der Waals surface area contributed by atoms with Gasteiger partial charge in [0.15, 0.2) is 0 Å². The number of nitrogens with two attached hydrogens (primary N) is 1. The van der Waals surface area contributed by atoms with Crippen LogP contribution in [0.2, 0.25) is 0 Å². The van der Waals surface area contributed by atoms with Crippen molar-refractivity contribution in [2.75, 3.05) is 0 Å². The minimum absolute atomic E-state index is 0.265. The van der Waals surface area contributed by atoms with E-state index in [2.05, 4.69) is 17.1 Å². The van der Waals surface area contributed by atoms with Crippen molar-refractivity contribution in [3.63, 3.8) is 0 Å². The molecule has 2 heterocycles. The van der Waals surface area contributed by atoms with E-state index in [-0.39, 0.29) is 6.04 Å². The van der Waals surface area contributed by atoms with Crippen molar-refractivity contribution in [2.24, 2.45) is 5.73 Å². The molecule has 0 bridgehead atoms. The monoisotopic (exact) mass is 265 g/mol. The lowest BCUT2D eigenvalue weighted by Gasteiger charge is -2.07. The van der Waals surface area contributed by atoms with E-state index < -0.39 is 0 Å². The summed E-state index contributed by atoms with van der Waals surface area (Å²) in [5.74, 6) is 1.70. The van der Waals surface area contributed by atoms with Crippen LogP contribution in [0.25, 0.3) is 11.4 Å². The molecular weight excluding hydrogens is 246 g/mol. The van der Waals surface area contributed by atoms with Crippen molar-refractivity contribution in [3.8, 4) is 11.4 Å². The third-order valence-electron chi connectivity index (χ3n) is 2.94. The van der Waals surface area contributed by atoms with Crippen LogP contribution in [0.15, 0.2) is 21.3 Å². The Balaban J connectivity index is 1.93. The van der Waals surface area contributed by atoms with E-state index in [1.54, 1.807) is 11.3 Å². The van der Waals surface area contributed by atoms with Gasteiger partial charge < -0.3 is 10.3 Å². The lowest BCUT2D eigenvalue weighted by molar-refractivity contribution is 0.350. The average Bonchev–Trinajstić information content (AvgIpc) is 2.99. The zero-order chi connectivity index (χ0) is 13.0.